The molecule has 0 unspecified atom stereocenters. The van der Waals surface area contributed by atoms with E-state index in [2.05, 4.69) is 0 Å². The van der Waals surface area contributed by atoms with Gasteiger partial charge in [-0.05, 0) is 49.1 Å². The molecule has 0 aliphatic carbocycles. The molecule has 1 aliphatic heterocycles. The summed E-state index contributed by atoms with van der Waals surface area (Å²) < 4.78 is 71.0. The van der Waals surface area contributed by atoms with Crippen molar-refractivity contribution >= 4 is 15.9 Å². The Morgan fingerprint density at radius 1 is 1.03 bits per heavy atom. The molecule has 3 rings (SSSR count). The highest BCUT2D eigenvalue weighted by Crippen LogP contribution is 2.22. The van der Waals surface area contributed by atoms with Crippen LogP contribution in [0.2, 0.25) is 0 Å². The number of carbonyl (C=O) groups is 1. The third kappa shape index (κ3) is 6.83. The molecule has 1 saturated heterocycles. The van der Waals surface area contributed by atoms with Crippen molar-refractivity contribution in [1.82, 2.24) is 9.21 Å². The van der Waals surface area contributed by atoms with E-state index in [-0.39, 0.29) is 30.0 Å². The fourth-order valence-corrected chi connectivity index (χ4v) is 5.22. The lowest BCUT2D eigenvalue weighted by Gasteiger charge is -2.23. The number of rotatable bonds is 8. The van der Waals surface area contributed by atoms with E-state index in [1.165, 1.54) is 28.8 Å². The molecule has 1 aliphatic rings. The molecule has 2 heterocycles. The Morgan fingerprint density at radius 3 is 2.25 bits per heavy atom. The van der Waals surface area contributed by atoms with Crippen LogP contribution in [0.5, 0.6) is 0 Å². The van der Waals surface area contributed by atoms with E-state index >= 15 is 0 Å². The molecule has 2 aromatic rings. The minimum Gasteiger partial charge on any atom is -0.467 e. The van der Waals surface area contributed by atoms with Crippen LogP contribution >= 0.6 is 0 Å². The Labute approximate surface area is 186 Å². The fourth-order valence-electron chi connectivity index (χ4n) is 3.71. The van der Waals surface area contributed by atoms with Gasteiger partial charge in [0.15, 0.2) is 0 Å². The quantitative estimate of drug-likeness (QED) is 0.572. The second kappa shape index (κ2) is 10.5. The average Bonchev–Trinajstić information content (AvgIpc) is 3.09. The normalized spacial score (nSPS) is 16.0. The molecule has 6 nitrogen and oxygen atoms in total. The summed E-state index contributed by atoms with van der Waals surface area (Å²) in [5.74, 6) is -0.384. The summed E-state index contributed by atoms with van der Waals surface area (Å²) in [5.41, 5.74) is 0.679. The Balaban J connectivity index is 1.62. The minimum absolute atomic E-state index is 0.130. The Kier molecular flexibility index (Phi) is 8.00. The molecule has 176 valence electrons. The number of sulfonamides is 1. The van der Waals surface area contributed by atoms with Crippen molar-refractivity contribution in [3.8, 4) is 0 Å². The van der Waals surface area contributed by atoms with Gasteiger partial charge < -0.3 is 9.32 Å². The Hall–Kier alpha value is -2.33. The van der Waals surface area contributed by atoms with Crippen LogP contribution in [0.15, 0.2) is 52.0 Å². The van der Waals surface area contributed by atoms with Crippen molar-refractivity contribution in [1.29, 1.82) is 0 Å². The van der Waals surface area contributed by atoms with E-state index < -0.39 is 28.7 Å². The maximum Gasteiger partial charge on any atom is 0.406 e. The SMILES string of the molecule is O=C(CCc1ccc(S(=O)(=O)N2CCCCCC2)cc1)N(Cc1ccco1)CC(F)(F)F. The molecule has 0 spiro atoms. The summed E-state index contributed by atoms with van der Waals surface area (Å²) in [6.07, 6.45) is 0.606. The first-order chi connectivity index (χ1) is 15.1. The van der Waals surface area contributed by atoms with E-state index in [0.717, 1.165) is 30.6 Å². The molecule has 10 heteroatoms. The third-order valence-electron chi connectivity index (χ3n) is 5.40. The van der Waals surface area contributed by atoms with E-state index in [1.807, 2.05) is 0 Å². The van der Waals surface area contributed by atoms with E-state index in [0.29, 0.717) is 18.7 Å². The number of furan rings is 1. The second-order valence-electron chi connectivity index (χ2n) is 7.91. The van der Waals surface area contributed by atoms with Crippen molar-refractivity contribution < 1.29 is 30.8 Å². The van der Waals surface area contributed by atoms with E-state index in [9.17, 15) is 26.4 Å². The maximum absolute atomic E-state index is 12.9. The number of alkyl halides is 3. The van der Waals surface area contributed by atoms with E-state index in [1.54, 1.807) is 18.2 Å². The van der Waals surface area contributed by atoms with Crippen molar-refractivity contribution in [3.63, 3.8) is 0 Å². The zero-order chi connectivity index (χ0) is 23.2. The number of nitrogens with zero attached hydrogens (tertiary/aromatic N) is 2. The lowest BCUT2D eigenvalue weighted by molar-refractivity contribution is -0.162. The molecule has 1 fully saturated rings. The molecule has 32 heavy (non-hydrogen) atoms. The monoisotopic (exact) mass is 472 g/mol. The van der Waals surface area contributed by atoms with Crippen LogP contribution in [-0.4, -0.2) is 49.3 Å². The summed E-state index contributed by atoms with van der Waals surface area (Å²) in [6.45, 7) is -0.621. The molecule has 0 atom stereocenters. The summed E-state index contributed by atoms with van der Waals surface area (Å²) in [4.78, 5) is 13.4. The van der Waals surface area contributed by atoms with Crippen molar-refractivity contribution in [2.24, 2.45) is 0 Å². The standard InChI is InChI=1S/C22H27F3N2O4S/c23-22(24,25)17-26(16-19-6-5-15-31-19)21(28)12-9-18-7-10-20(11-8-18)32(29,30)27-13-3-1-2-4-14-27/h5-8,10-11,15H,1-4,9,12-14,16-17H2. The minimum atomic E-state index is -4.52. The zero-order valence-electron chi connectivity index (χ0n) is 17.7. The molecular formula is C22H27F3N2O4S. The van der Waals surface area contributed by atoms with Crippen LogP contribution in [0, 0.1) is 0 Å². The van der Waals surface area contributed by atoms with Gasteiger partial charge in [-0.3, -0.25) is 4.79 Å². The van der Waals surface area contributed by atoms with Gasteiger partial charge in [0.25, 0.3) is 0 Å². The first kappa shape index (κ1) is 24.3. The predicted molar refractivity (Wildman–Crippen MR) is 112 cm³/mol. The van der Waals surface area contributed by atoms with Crippen LogP contribution < -0.4 is 0 Å². The molecule has 0 bridgehead atoms. The lowest BCUT2D eigenvalue weighted by Crippen LogP contribution is -2.38. The van der Waals surface area contributed by atoms with Crippen molar-refractivity contribution in [3.05, 3.63) is 54.0 Å². The Morgan fingerprint density at radius 2 is 1.69 bits per heavy atom. The third-order valence-corrected chi connectivity index (χ3v) is 7.32. The Bertz CT molecular complexity index is 966. The van der Waals surface area contributed by atoms with Gasteiger partial charge in [-0.25, -0.2) is 8.42 Å². The lowest BCUT2D eigenvalue weighted by atomic mass is 10.1. The molecule has 0 N–H and O–H groups in total. The second-order valence-corrected chi connectivity index (χ2v) is 9.84. The number of hydrogen-bond donors (Lipinski definition) is 0. The van der Waals surface area contributed by atoms with Crippen LogP contribution in [0.3, 0.4) is 0 Å². The smallest absolute Gasteiger partial charge is 0.406 e. The van der Waals surface area contributed by atoms with Crippen molar-refractivity contribution in [2.75, 3.05) is 19.6 Å². The van der Waals surface area contributed by atoms with Gasteiger partial charge >= 0.3 is 6.18 Å². The van der Waals surface area contributed by atoms with Gasteiger partial charge in [0.05, 0.1) is 17.7 Å². The van der Waals surface area contributed by atoms with Gasteiger partial charge in [0.2, 0.25) is 15.9 Å². The summed E-state index contributed by atoms with van der Waals surface area (Å²) in [7, 11) is -3.57. The van der Waals surface area contributed by atoms with Gasteiger partial charge in [-0.2, -0.15) is 17.5 Å². The van der Waals surface area contributed by atoms with Crippen molar-refractivity contribution in [2.45, 2.75) is 56.1 Å². The molecular weight excluding hydrogens is 445 g/mol. The molecule has 0 radical (unpaired) electrons. The van der Waals surface area contributed by atoms with Gasteiger partial charge in [0.1, 0.15) is 12.3 Å². The maximum atomic E-state index is 12.9. The number of carbonyl (C=O) groups excluding carboxylic acids is 1. The number of benzene rings is 1. The number of aryl methyl sites for hydroxylation is 1. The van der Waals surface area contributed by atoms with Crippen LogP contribution in [-0.2, 0) is 27.8 Å². The number of hydrogen-bond acceptors (Lipinski definition) is 4. The van der Waals surface area contributed by atoms with Gasteiger partial charge in [-0.15, -0.1) is 0 Å². The molecule has 0 saturated carbocycles. The highest BCUT2D eigenvalue weighted by atomic mass is 32.2. The van der Waals surface area contributed by atoms with E-state index in [4.69, 9.17) is 4.42 Å². The predicted octanol–water partition coefficient (Wildman–Crippen LogP) is 4.37. The van der Waals surface area contributed by atoms with Crippen LogP contribution in [0.25, 0.3) is 0 Å². The van der Waals surface area contributed by atoms with Gasteiger partial charge in [0, 0.05) is 19.5 Å². The highest BCUT2D eigenvalue weighted by molar-refractivity contribution is 7.89. The van der Waals surface area contributed by atoms with Gasteiger partial charge in [-0.1, -0.05) is 25.0 Å². The first-order valence-electron chi connectivity index (χ1n) is 10.6. The first-order valence-corrected chi connectivity index (χ1v) is 12.1. The summed E-state index contributed by atoms with van der Waals surface area (Å²) in [5, 5.41) is 0. The molecule has 1 aromatic heterocycles. The number of halogens is 3. The topological polar surface area (TPSA) is 70.8 Å². The summed E-state index contributed by atoms with van der Waals surface area (Å²) in [6, 6.07) is 9.27. The fraction of sp³-hybridized carbons (Fsp3) is 0.500. The largest absolute Gasteiger partial charge is 0.467 e. The molecule has 1 amide bonds. The number of amides is 1. The highest BCUT2D eigenvalue weighted by Gasteiger charge is 2.33. The van der Waals surface area contributed by atoms with Crippen LogP contribution in [0.1, 0.15) is 43.4 Å². The summed E-state index contributed by atoms with van der Waals surface area (Å²) >= 11 is 0. The molecule has 1 aromatic carbocycles. The zero-order valence-corrected chi connectivity index (χ0v) is 18.5. The van der Waals surface area contributed by atoms with Crippen LogP contribution in [0.4, 0.5) is 13.2 Å². The average molecular weight is 473 g/mol.